The molecule has 0 bridgehead atoms. The molecule has 5 nitrogen and oxygen atoms in total. The first-order valence-electron chi connectivity index (χ1n) is 6.55. The molecule has 2 rings (SSSR count). The fourth-order valence-corrected chi connectivity index (χ4v) is 2.03. The Morgan fingerprint density at radius 2 is 2.00 bits per heavy atom. The predicted octanol–water partition coefficient (Wildman–Crippen LogP) is 2.60. The number of rotatable bonds is 5. The number of fused-ring (bicyclic) bond motifs is 1. The summed E-state index contributed by atoms with van der Waals surface area (Å²) in [6.07, 6.45) is 1.55. The summed E-state index contributed by atoms with van der Waals surface area (Å²) in [5.41, 5.74) is 6.84. The number of hydrogen-bond donors (Lipinski definition) is 2. The van der Waals surface area contributed by atoms with E-state index in [-0.39, 0.29) is 17.0 Å². The van der Waals surface area contributed by atoms with Gasteiger partial charge in [0, 0.05) is 5.92 Å². The van der Waals surface area contributed by atoms with Gasteiger partial charge in [-0.05, 0) is 31.5 Å². The quantitative estimate of drug-likeness (QED) is 0.887. The van der Waals surface area contributed by atoms with Gasteiger partial charge in [-0.1, -0.05) is 30.7 Å². The van der Waals surface area contributed by atoms with Gasteiger partial charge in [0.15, 0.2) is 11.0 Å². The molecule has 1 amide bonds. The Balaban J connectivity index is 2.16. The van der Waals surface area contributed by atoms with E-state index in [1.807, 2.05) is 31.2 Å². The molecule has 0 aliphatic carbocycles. The van der Waals surface area contributed by atoms with Gasteiger partial charge in [-0.3, -0.25) is 4.79 Å². The number of benzene rings is 1. The van der Waals surface area contributed by atoms with Crippen molar-refractivity contribution in [1.82, 2.24) is 9.97 Å². The predicted molar refractivity (Wildman–Crippen MR) is 80.6 cm³/mol. The minimum Gasteiger partial charge on any atom is -0.330 e. The summed E-state index contributed by atoms with van der Waals surface area (Å²) in [4.78, 5) is 20.6. The molecule has 0 saturated heterocycles. The molecule has 0 aliphatic rings. The Morgan fingerprint density at radius 1 is 1.35 bits per heavy atom. The largest absolute Gasteiger partial charge is 0.330 e. The number of amides is 1. The molecule has 0 radical (unpaired) electrons. The zero-order valence-corrected chi connectivity index (χ0v) is 12.0. The summed E-state index contributed by atoms with van der Waals surface area (Å²) in [6.45, 7) is 2.43. The highest BCUT2D eigenvalue weighted by Gasteiger charge is 2.15. The lowest BCUT2D eigenvalue weighted by atomic mass is 10.1. The summed E-state index contributed by atoms with van der Waals surface area (Å²) in [6, 6.07) is 7.37. The van der Waals surface area contributed by atoms with Crippen molar-refractivity contribution in [3.63, 3.8) is 0 Å². The molecule has 1 aromatic heterocycles. The van der Waals surface area contributed by atoms with E-state index in [0.717, 1.165) is 12.8 Å². The van der Waals surface area contributed by atoms with Crippen molar-refractivity contribution < 1.29 is 4.79 Å². The normalized spacial score (nSPS) is 12.3. The first kappa shape index (κ1) is 14.7. The van der Waals surface area contributed by atoms with Crippen LogP contribution in [-0.2, 0) is 4.79 Å². The molecule has 1 aromatic carbocycles. The second-order valence-corrected chi connectivity index (χ2v) is 5.03. The van der Waals surface area contributed by atoms with E-state index in [0.29, 0.717) is 23.4 Å². The van der Waals surface area contributed by atoms with Crippen LogP contribution in [0.15, 0.2) is 24.3 Å². The van der Waals surface area contributed by atoms with Gasteiger partial charge in [0.25, 0.3) is 0 Å². The zero-order valence-electron chi connectivity index (χ0n) is 11.3. The van der Waals surface area contributed by atoms with Crippen LogP contribution in [0.25, 0.3) is 11.0 Å². The third-order valence-electron chi connectivity index (χ3n) is 3.06. The van der Waals surface area contributed by atoms with Crippen LogP contribution in [0.5, 0.6) is 0 Å². The molecule has 0 fully saturated rings. The highest BCUT2D eigenvalue weighted by molar-refractivity contribution is 6.32. The number of hydrogen-bond acceptors (Lipinski definition) is 4. The van der Waals surface area contributed by atoms with Gasteiger partial charge in [-0.15, -0.1) is 0 Å². The van der Waals surface area contributed by atoms with Gasteiger partial charge in [-0.2, -0.15) is 0 Å². The molecule has 0 saturated carbocycles. The van der Waals surface area contributed by atoms with Gasteiger partial charge in [0.2, 0.25) is 5.91 Å². The fraction of sp³-hybridized carbons (Fsp3) is 0.357. The van der Waals surface area contributed by atoms with Gasteiger partial charge < -0.3 is 11.1 Å². The molecule has 0 aliphatic heterocycles. The number of nitrogens with zero attached hydrogens (tertiary/aromatic N) is 2. The molecule has 3 N–H and O–H groups in total. The summed E-state index contributed by atoms with van der Waals surface area (Å²) in [7, 11) is 0. The lowest BCUT2D eigenvalue weighted by Crippen LogP contribution is -2.22. The summed E-state index contributed by atoms with van der Waals surface area (Å²) in [5.74, 6) is 0.0442. The van der Waals surface area contributed by atoms with Crippen molar-refractivity contribution in [2.75, 3.05) is 11.9 Å². The van der Waals surface area contributed by atoms with Crippen molar-refractivity contribution in [1.29, 1.82) is 0 Å². The first-order chi connectivity index (χ1) is 9.61. The summed E-state index contributed by atoms with van der Waals surface area (Å²) >= 11 is 6.05. The van der Waals surface area contributed by atoms with Crippen molar-refractivity contribution in [2.24, 2.45) is 11.7 Å². The number of carbonyl (C=O) groups is 1. The monoisotopic (exact) mass is 292 g/mol. The molecular weight excluding hydrogens is 276 g/mol. The van der Waals surface area contributed by atoms with E-state index in [9.17, 15) is 4.79 Å². The Labute approximate surface area is 122 Å². The number of halogens is 1. The smallest absolute Gasteiger partial charge is 0.228 e. The molecule has 6 heteroatoms. The van der Waals surface area contributed by atoms with E-state index in [1.54, 1.807) is 0 Å². The number of aromatic nitrogens is 2. The van der Waals surface area contributed by atoms with E-state index in [1.165, 1.54) is 0 Å². The molecule has 1 heterocycles. The molecular formula is C14H17ClN4O. The minimum atomic E-state index is -0.136. The van der Waals surface area contributed by atoms with Crippen LogP contribution in [0.4, 0.5) is 5.82 Å². The maximum Gasteiger partial charge on any atom is 0.228 e. The van der Waals surface area contributed by atoms with Crippen molar-refractivity contribution in [3.8, 4) is 0 Å². The third kappa shape index (κ3) is 3.43. The number of anilines is 1. The number of nitrogens with two attached hydrogens (primary N) is 1. The first-order valence-corrected chi connectivity index (χ1v) is 6.93. The van der Waals surface area contributed by atoms with Crippen molar-refractivity contribution in [2.45, 2.75) is 19.8 Å². The zero-order chi connectivity index (χ0) is 14.5. The third-order valence-corrected chi connectivity index (χ3v) is 3.32. The Bertz CT molecular complexity index is 617. The van der Waals surface area contributed by atoms with Gasteiger partial charge in [0.1, 0.15) is 0 Å². The molecule has 106 valence electrons. The highest BCUT2D eigenvalue weighted by atomic mass is 35.5. The van der Waals surface area contributed by atoms with Gasteiger partial charge in [0.05, 0.1) is 11.0 Å². The summed E-state index contributed by atoms with van der Waals surface area (Å²) in [5, 5.41) is 2.92. The standard InChI is InChI=1S/C14H17ClN4O/c1-9(5-4-8-16)14(20)19-13-12(15)17-10-6-2-3-7-11(10)18-13/h2-3,6-7,9H,4-5,8,16H2,1H3,(H,18,19,20). The summed E-state index contributed by atoms with van der Waals surface area (Å²) < 4.78 is 0. The fourth-order valence-electron chi connectivity index (χ4n) is 1.85. The number of carbonyl (C=O) groups excluding carboxylic acids is 1. The van der Waals surface area contributed by atoms with E-state index < -0.39 is 0 Å². The molecule has 0 spiro atoms. The van der Waals surface area contributed by atoms with Crippen molar-refractivity contribution >= 4 is 34.4 Å². The van der Waals surface area contributed by atoms with Gasteiger partial charge in [-0.25, -0.2) is 9.97 Å². The van der Waals surface area contributed by atoms with Gasteiger partial charge >= 0.3 is 0 Å². The molecule has 1 unspecified atom stereocenters. The van der Waals surface area contributed by atoms with Crippen molar-refractivity contribution in [3.05, 3.63) is 29.4 Å². The van der Waals surface area contributed by atoms with Crippen LogP contribution < -0.4 is 11.1 Å². The minimum absolute atomic E-state index is 0.120. The molecule has 20 heavy (non-hydrogen) atoms. The van der Waals surface area contributed by atoms with Crippen LogP contribution in [0.2, 0.25) is 5.15 Å². The van der Waals surface area contributed by atoms with Crippen LogP contribution >= 0.6 is 11.6 Å². The second kappa shape index (κ2) is 6.63. The average Bonchev–Trinajstić information content (AvgIpc) is 2.45. The van der Waals surface area contributed by atoms with E-state index in [2.05, 4.69) is 15.3 Å². The van der Waals surface area contributed by atoms with E-state index in [4.69, 9.17) is 17.3 Å². The molecule has 2 aromatic rings. The van der Waals surface area contributed by atoms with Crippen LogP contribution in [-0.4, -0.2) is 22.4 Å². The average molecular weight is 293 g/mol. The Hall–Kier alpha value is -1.72. The Kier molecular flexibility index (Phi) is 4.87. The van der Waals surface area contributed by atoms with Crippen LogP contribution in [0, 0.1) is 5.92 Å². The molecule has 1 atom stereocenters. The highest BCUT2D eigenvalue weighted by Crippen LogP contribution is 2.21. The number of nitrogens with one attached hydrogen (secondary N) is 1. The second-order valence-electron chi connectivity index (χ2n) is 4.67. The SMILES string of the molecule is CC(CCCN)C(=O)Nc1nc2ccccc2nc1Cl. The topological polar surface area (TPSA) is 80.9 Å². The lowest BCUT2D eigenvalue weighted by molar-refractivity contribution is -0.119. The maximum atomic E-state index is 12.0. The Morgan fingerprint density at radius 3 is 2.65 bits per heavy atom. The number of para-hydroxylation sites is 2. The lowest BCUT2D eigenvalue weighted by Gasteiger charge is -2.12. The van der Waals surface area contributed by atoms with E-state index >= 15 is 0 Å². The van der Waals surface area contributed by atoms with Crippen LogP contribution in [0.3, 0.4) is 0 Å². The van der Waals surface area contributed by atoms with Crippen LogP contribution in [0.1, 0.15) is 19.8 Å². The maximum absolute atomic E-state index is 12.0.